The van der Waals surface area contributed by atoms with Crippen LogP contribution in [0.2, 0.25) is 0 Å². The summed E-state index contributed by atoms with van der Waals surface area (Å²) < 4.78 is 0. The standard InChI is InChI=1S/C20H21N3O3/c1-14-7-5-6-10-17(14)20(26)22-21-19(25)16-11-18(24)23(13-16)12-15-8-3-2-4-9-15/h2-10,16H,11-13H2,1H3,(H,21,25)(H,22,26)/t16-/m0/s1. The SMILES string of the molecule is Cc1ccccc1C(=O)NNC(=O)[C@H]1CC(=O)N(Cc2ccccc2)C1. The average molecular weight is 351 g/mol. The molecule has 134 valence electrons. The van der Waals surface area contributed by atoms with Crippen molar-refractivity contribution in [3.8, 4) is 0 Å². The molecule has 0 radical (unpaired) electrons. The number of carbonyl (C=O) groups is 3. The molecule has 6 nitrogen and oxygen atoms in total. The fourth-order valence-electron chi connectivity index (χ4n) is 3.02. The second-order valence-corrected chi connectivity index (χ2v) is 6.42. The highest BCUT2D eigenvalue weighted by Crippen LogP contribution is 2.20. The molecule has 0 unspecified atom stereocenters. The van der Waals surface area contributed by atoms with E-state index in [0.717, 1.165) is 11.1 Å². The molecule has 2 N–H and O–H groups in total. The van der Waals surface area contributed by atoms with Gasteiger partial charge < -0.3 is 4.90 Å². The number of nitrogens with one attached hydrogen (secondary N) is 2. The normalized spacial score (nSPS) is 16.4. The van der Waals surface area contributed by atoms with Crippen molar-refractivity contribution in [1.29, 1.82) is 0 Å². The van der Waals surface area contributed by atoms with Gasteiger partial charge in [-0.15, -0.1) is 0 Å². The van der Waals surface area contributed by atoms with Crippen molar-refractivity contribution in [1.82, 2.24) is 15.8 Å². The summed E-state index contributed by atoms with van der Waals surface area (Å²) in [6.07, 6.45) is 0.152. The zero-order chi connectivity index (χ0) is 18.5. The average Bonchev–Trinajstić information content (AvgIpc) is 3.01. The highest BCUT2D eigenvalue weighted by Gasteiger charge is 2.34. The summed E-state index contributed by atoms with van der Waals surface area (Å²) in [5, 5.41) is 0. The smallest absolute Gasteiger partial charge is 0.269 e. The third-order valence-corrected chi connectivity index (χ3v) is 4.49. The number of rotatable bonds is 4. The molecule has 0 spiro atoms. The first kappa shape index (κ1) is 17.7. The second-order valence-electron chi connectivity index (χ2n) is 6.42. The maximum Gasteiger partial charge on any atom is 0.269 e. The Morgan fingerprint density at radius 1 is 1.04 bits per heavy atom. The van der Waals surface area contributed by atoms with E-state index in [1.807, 2.05) is 49.4 Å². The lowest BCUT2D eigenvalue weighted by Gasteiger charge is -2.17. The first-order valence-corrected chi connectivity index (χ1v) is 8.52. The van der Waals surface area contributed by atoms with Gasteiger partial charge in [-0.25, -0.2) is 0 Å². The van der Waals surface area contributed by atoms with Crippen molar-refractivity contribution in [2.24, 2.45) is 5.92 Å². The highest BCUT2D eigenvalue weighted by atomic mass is 16.2. The van der Waals surface area contributed by atoms with Crippen molar-refractivity contribution in [2.75, 3.05) is 6.54 Å². The predicted octanol–water partition coefficient (Wildman–Crippen LogP) is 1.80. The molecule has 0 bridgehead atoms. The van der Waals surface area contributed by atoms with Crippen LogP contribution in [0, 0.1) is 12.8 Å². The van der Waals surface area contributed by atoms with Gasteiger partial charge in [0.05, 0.1) is 5.92 Å². The molecule has 26 heavy (non-hydrogen) atoms. The van der Waals surface area contributed by atoms with E-state index in [2.05, 4.69) is 10.9 Å². The maximum atomic E-state index is 12.3. The molecule has 1 heterocycles. The number of benzene rings is 2. The molecule has 1 saturated heterocycles. The van der Waals surface area contributed by atoms with Crippen molar-refractivity contribution < 1.29 is 14.4 Å². The van der Waals surface area contributed by atoms with Gasteiger partial charge in [0.2, 0.25) is 11.8 Å². The lowest BCUT2D eigenvalue weighted by Crippen LogP contribution is -2.45. The van der Waals surface area contributed by atoms with Gasteiger partial charge in [0, 0.05) is 25.1 Å². The maximum absolute atomic E-state index is 12.3. The van der Waals surface area contributed by atoms with Crippen LogP contribution in [0.1, 0.15) is 27.9 Å². The molecule has 2 aromatic carbocycles. The highest BCUT2D eigenvalue weighted by molar-refractivity contribution is 5.97. The Bertz CT molecular complexity index is 820. The fraction of sp³-hybridized carbons (Fsp3) is 0.250. The molecule has 0 aliphatic carbocycles. The van der Waals surface area contributed by atoms with E-state index in [9.17, 15) is 14.4 Å². The van der Waals surface area contributed by atoms with Crippen LogP contribution < -0.4 is 10.9 Å². The van der Waals surface area contributed by atoms with Gasteiger partial charge in [-0.1, -0.05) is 48.5 Å². The molecular weight excluding hydrogens is 330 g/mol. The third-order valence-electron chi connectivity index (χ3n) is 4.49. The number of aryl methyl sites for hydroxylation is 1. The third kappa shape index (κ3) is 4.08. The zero-order valence-electron chi connectivity index (χ0n) is 14.6. The molecular formula is C20H21N3O3. The number of amides is 3. The molecule has 1 fully saturated rings. The first-order valence-electron chi connectivity index (χ1n) is 8.52. The Morgan fingerprint density at radius 2 is 1.73 bits per heavy atom. The van der Waals surface area contributed by atoms with Gasteiger partial charge in [0.25, 0.3) is 5.91 Å². The van der Waals surface area contributed by atoms with Gasteiger partial charge in [0.15, 0.2) is 0 Å². The lowest BCUT2D eigenvalue weighted by atomic mass is 10.1. The van der Waals surface area contributed by atoms with E-state index >= 15 is 0 Å². The molecule has 1 atom stereocenters. The van der Waals surface area contributed by atoms with E-state index in [1.165, 1.54) is 0 Å². The van der Waals surface area contributed by atoms with Crippen LogP contribution >= 0.6 is 0 Å². The molecule has 2 aromatic rings. The summed E-state index contributed by atoms with van der Waals surface area (Å²) in [6, 6.07) is 16.8. The van der Waals surface area contributed by atoms with Crippen molar-refractivity contribution >= 4 is 17.7 Å². The minimum atomic E-state index is -0.469. The summed E-state index contributed by atoms with van der Waals surface area (Å²) >= 11 is 0. The van der Waals surface area contributed by atoms with Crippen molar-refractivity contribution in [3.05, 3.63) is 71.3 Å². The summed E-state index contributed by atoms with van der Waals surface area (Å²) in [5.41, 5.74) is 7.21. The fourth-order valence-corrected chi connectivity index (χ4v) is 3.02. The van der Waals surface area contributed by atoms with Crippen LogP contribution in [0.4, 0.5) is 0 Å². The Balaban J connectivity index is 1.53. The Labute approximate surface area is 152 Å². The van der Waals surface area contributed by atoms with E-state index in [0.29, 0.717) is 18.7 Å². The molecule has 6 heteroatoms. The largest absolute Gasteiger partial charge is 0.338 e. The van der Waals surface area contributed by atoms with Gasteiger partial charge in [-0.05, 0) is 24.1 Å². The van der Waals surface area contributed by atoms with E-state index in [1.54, 1.807) is 17.0 Å². The number of carbonyl (C=O) groups excluding carboxylic acids is 3. The molecule has 0 saturated carbocycles. The Morgan fingerprint density at radius 3 is 2.46 bits per heavy atom. The first-order chi connectivity index (χ1) is 12.5. The number of likely N-dealkylation sites (tertiary alicyclic amines) is 1. The van der Waals surface area contributed by atoms with Crippen LogP contribution in [0.5, 0.6) is 0 Å². The van der Waals surface area contributed by atoms with Crippen LogP contribution in [0.3, 0.4) is 0 Å². The van der Waals surface area contributed by atoms with E-state index in [-0.39, 0.29) is 24.1 Å². The summed E-state index contributed by atoms with van der Waals surface area (Å²) in [4.78, 5) is 38.3. The molecule has 1 aliphatic heterocycles. The van der Waals surface area contributed by atoms with Crippen LogP contribution in [0.25, 0.3) is 0 Å². The summed E-state index contributed by atoms with van der Waals surface area (Å²) in [7, 11) is 0. The van der Waals surface area contributed by atoms with Gasteiger partial charge in [-0.2, -0.15) is 0 Å². The minimum absolute atomic E-state index is 0.0563. The molecule has 1 aliphatic rings. The zero-order valence-corrected chi connectivity index (χ0v) is 14.6. The quantitative estimate of drug-likeness (QED) is 0.825. The van der Waals surface area contributed by atoms with Crippen LogP contribution in [0.15, 0.2) is 54.6 Å². The Hall–Kier alpha value is -3.15. The molecule has 3 amide bonds. The van der Waals surface area contributed by atoms with Crippen LogP contribution in [-0.2, 0) is 16.1 Å². The molecule has 0 aromatic heterocycles. The van der Waals surface area contributed by atoms with Crippen molar-refractivity contribution in [2.45, 2.75) is 19.9 Å². The second kappa shape index (κ2) is 7.82. The topological polar surface area (TPSA) is 78.5 Å². The lowest BCUT2D eigenvalue weighted by molar-refractivity contribution is -0.129. The Kier molecular flexibility index (Phi) is 5.31. The van der Waals surface area contributed by atoms with E-state index in [4.69, 9.17) is 0 Å². The number of hydrogen-bond donors (Lipinski definition) is 2. The number of hydrazine groups is 1. The number of hydrogen-bond acceptors (Lipinski definition) is 3. The van der Waals surface area contributed by atoms with Crippen molar-refractivity contribution in [3.63, 3.8) is 0 Å². The monoisotopic (exact) mass is 351 g/mol. The molecule has 3 rings (SSSR count). The minimum Gasteiger partial charge on any atom is -0.338 e. The summed E-state index contributed by atoms with van der Waals surface area (Å²) in [6.45, 7) is 2.66. The summed E-state index contributed by atoms with van der Waals surface area (Å²) in [5.74, 6) is -1.25. The van der Waals surface area contributed by atoms with Crippen LogP contribution in [-0.4, -0.2) is 29.2 Å². The van der Waals surface area contributed by atoms with Gasteiger partial charge >= 0.3 is 0 Å². The van der Waals surface area contributed by atoms with Gasteiger partial charge in [-0.3, -0.25) is 25.2 Å². The van der Waals surface area contributed by atoms with E-state index < -0.39 is 5.92 Å². The number of nitrogens with zero attached hydrogens (tertiary/aromatic N) is 1. The van der Waals surface area contributed by atoms with Gasteiger partial charge in [0.1, 0.15) is 0 Å². The predicted molar refractivity (Wildman–Crippen MR) is 96.8 cm³/mol.